The molecule has 3 aromatic rings. The zero-order valence-corrected chi connectivity index (χ0v) is 20.4. The number of anilines is 1. The third-order valence-corrected chi connectivity index (χ3v) is 7.94. The number of para-hydroxylation sites is 1. The van der Waals surface area contributed by atoms with Crippen LogP contribution in [-0.2, 0) is 33.9 Å². The highest BCUT2D eigenvalue weighted by molar-refractivity contribution is 7.92. The van der Waals surface area contributed by atoms with Crippen LogP contribution in [0, 0.1) is 0 Å². The number of fused-ring (bicyclic) bond motifs is 1. The molecular weight excluding hydrogens is 517 g/mol. The minimum absolute atomic E-state index is 0.0444. The van der Waals surface area contributed by atoms with Gasteiger partial charge < -0.3 is 10.1 Å². The number of hydrogen-bond donors (Lipinski definition) is 1. The molecule has 1 atom stereocenters. The van der Waals surface area contributed by atoms with Crippen molar-refractivity contribution >= 4 is 33.4 Å². The fourth-order valence-corrected chi connectivity index (χ4v) is 5.81. The predicted molar refractivity (Wildman–Crippen MR) is 129 cm³/mol. The van der Waals surface area contributed by atoms with E-state index in [4.69, 9.17) is 16.3 Å². The molecule has 1 N–H and O–H groups in total. The van der Waals surface area contributed by atoms with Gasteiger partial charge in [-0.05, 0) is 66.4 Å². The molecule has 36 heavy (non-hydrogen) atoms. The number of alkyl carbamates (subject to hydrolysis) is 1. The minimum Gasteiger partial charge on any atom is -0.447 e. The minimum atomic E-state index is -4.44. The average molecular weight is 539 g/mol. The molecule has 0 bridgehead atoms. The van der Waals surface area contributed by atoms with E-state index in [1.165, 1.54) is 40.7 Å². The summed E-state index contributed by atoms with van der Waals surface area (Å²) in [4.78, 5) is 12.4. The number of carbonyl (C=O) groups is 1. The van der Waals surface area contributed by atoms with Gasteiger partial charge in [0.2, 0.25) is 0 Å². The van der Waals surface area contributed by atoms with Crippen LogP contribution in [0.25, 0.3) is 0 Å². The number of benzene rings is 3. The lowest BCUT2D eigenvalue weighted by Gasteiger charge is -2.37. The third kappa shape index (κ3) is 5.76. The third-order valence-electron chi connectivity index (χ3n) is 5.80. The Labute approximate surface area is 211 Å². The quantitative estimate of drug-likeness (QED) is 0.431. The zero-order chi connectivity index (χ0) is 25.9. The number of hydrogen-bond acceptors (Lipinski definition) is 4. The van der Waals surface area contributed by atoms with Crippen molar-refractivity contribution in [2.45, 2.75) is 36.5 Å². The Kier molecular flexibility index (Phi) is 7.46. The second-order valence-corrected chi connectivity index (χ2v) is 10.5. The first kappa shape index (κ1) is 25.8. The zero-order valence-electron chi connectivity index (χ0n) is 18.8. The second-order valence-electron chi connectivity index (χ2n) is 8.22. The van der Waals surface area contributed by atoms with Crippen molar-refractivity contribution in [3.05, 3.63) is 94.5 Å². The van der Waals surface area contributed by atoms with Crippen molar-refractivity contribution < 1.29 is 31.1 Å². The number of sulfonamides is 1. The van der Waals surface area contributed by atoms with Crippen LogP contribution in [0.5, 0.6) is 0 Å². The van der Waals surface area contributed by atoms with E-state index in [0.29, 0.717) is 29.1 Å². The Morgan fingerprint density at radius 1 is 1.03 bits per heavy atom. The van der Waals surface area contributed by atoms with E-state index < -0.39 is 33.9 Å². The van der Waals surface area contributed by atoms with Gasteiger partial charge in [-0.3, -0.25) is 4.31 Å². The highest BCUT2D eigenvalue weighted by Crippen LogP contribution is 2.36. The Hall–Kier alpha value is -3.24. The van der Waals surface area contributed by atoms with Crippen LogP contribution >= 0.6 is 11.6 Å². The molecule has 1 unspecified atom stereocenters. The summed E-state index contributed by atoms with van der Waals surface area (Å²) in [5, 5.41) is 2.88. The summed E-state index contributed by atoms with van der Waals surface area (Å²) < 4.78 is 71.8. The number of nitrogens with zero attached hydrogens (tertiary/aromatic N) is 1. The van der Waals surface area contributed by atoms with Crippen molar-refractivity contribution in [1.82, 2.24) is 5.32 Å². The SMILES string of the molecule is O=C(NCc1ccc(C(F)(F)F)cc1)OCC1CCc2ccccc2N1S(=O)(=O)c1ccc(Cl)cc1. The van der Waals surface area contributed by atoms with Crippen LogP contribution in [-0.4, -0.2) is 27.2 Å². The summed E-state index contributed by atoms with van der Waals surface area (Å²) >= 11 is 5.92. The van der Waals surface area contributed by atoms with E-state index in [2.05, 4.69) is 5.32 Å². The van der Waals surface area contributed by atoms with Crippen LogP contribution in [0.3, 0.4) is 0 Å². The van der Waals surface area contributed by atoms with Crippen molar-refractivity contribution in [3.8, 4) is 0 Å². The number of alkyl halides is 3. The average Bonchev–Trinajstić information content (AvgIpc) is 2.85. The Morgan fingerprint density at radius 3 is 2.36 bits per heavy atom. The van der Waals surface area contributed by atoms with Crippen LogP contribution < -0.4 is 9.62 Å². The molecule has 4 rings (SSSR count). The lowest BCUT2D eigenvalue weighted by molar-refractivity contribution is -0.137. The van der Waals surface area contributed by atoms with Crippen molar-refractivity contribution in [2.75, 3.05) is 10.9 Å². The van der Waals surface area contributed by atoms with Gasteiger partial charge in [0.1, 0.15) is 6.61 Å². The number of nitrogens with one attached hydrogen (secondary N) is 1. The highest BCUT2D eigenvalue weighted by atomic mass is 35.5. The van der Waals surface area contributed by atoms with Crippen LogP contribution in [0.15, 0.2) is 77.7 Å². The standard InChI is InChI=1S/C25H22ClF3N2O4S/c26-20-10-13-22(14-11-20)36(33,34)31-21(12-7-18-3-1-2-4-23(18)31)16-35-24(32)30-15-17-5-8-19(9-6-17)25(27,28)29/h1-6,8-11,13-14,21H,7,12,15-16H2,(H,30,32). The van der Waals surface area contributed by atoms with E-state index in [-0.39, 0.29) is 18.0 Å². The summed E-state index contributed by atoms with van der Waals surface area (Å²) in [5.74, 6) is 0. The number of aryl methyl sites for hydroxylation is 1. The molecule has 1 aliphatic heterocycles. The topological polar surface area (TPSA) is 75.7 Å². The van der Waals surface area contributed by atoms with Crippen molar-refractivity contribution in [3.63, 3.8) is 0 Å². The molecule has 6 nitrogen and oxygen atoms in total. The lowest BCUT2D eigenvalue weighted by Crippen LogP contribution is -2.47. The van der Waals surface area contributed by atoms with Gasteiger partial charge in [0.25, 0.3) is 10.0 Å². The predicted octanol–water partition coefficient (Wildman–Crippen LogP) is 5.80. The summed E-state index contributed by atoms with van der Waals surface area (Å²) in [7, 11) is -3.99. The number of rotatable bonds is 6. The van der Waals surface area contributed by atoms with Gasteiger partial charge in [0.05, 0.1) is 22.2 Å². The molecule has 0 aromatic heterocycles. The molecule has 0 radical (unpaired) electrons. The van der Waals surface area contributed by atoms with Crippen LogP contribution in [0.1, 0.15) is 23.1 Å². The van der Waals surface area contributed by atoms with E-state index in [1.54, 1.807) is 12.1 Å². The molecule has 190 valence electrons. The number of carbonyl (C=O) groups excluding carboxylic acids is 1. The first-order chi connectivity index (χ1) is 17.1. The summed E-state index contributed by atoms with van der Waals surface area (Å²) in [6.45, 7) is -0.253. The molecular formula is C25H22ClF3N2O4S. The van der Waals surface area contributed by atoms with Crippen LogP contribution in [0.2, 0.25) is 5.02 Å². The van der Waals surface area contributed by atoms with Gasteiger partial charge in [0, 0.05) is 11.6 Å². The maximum absolute atomic E-state index is 13.6. The van der Waals surface area contributed by atoms with Crippen molar-refractivity contribution in [2.24, 2.45) is 0 Å². The first-order valence-corrected chi connectivity index (χ1v) is 12.8. The molecule has 1 heterocycles. The molecule has 0 saturated carbocycles. The fourth-order valence-electron chi connectivity index (χ4n) is 3.98. The summed E-state index contributed by atoms with van der Waals surface area (Å²) in [5.41, 5.74) is 1.04. The molecule has 11 heteroatoms. The van der Waals surface area contributed by atoms with Gasteiger partial charge in [-0.2, -0.15) is 13.2 Å². The van der Waals surface area contributed by atoms with E-state index in [0.717, 1.165) is 17.7 Å². The smallest absolute Gasteiger partial charge is 0.416 e. The number of amides is 1. The monoisotopic (exact) mass is 538 g/mol. The van der Waals surface area contributed by atoms with E-state index >= 15 is 0 Å². The van der Waals surface area contributed by atoms with E-state index in [9.17, 15) is 26.4 Å². The lowest BCUT2D eigenvalue weighted by atomic mass is 9.98. The molecule has 0 saturated heterocycles. The van der Waals surface area contributed by atoms with Crippen LogP contribution in [0.4, 0.5) is 23.7 Å². The Bertz CT molecular complexity index is 1330. The summed E-state index contributed by atoms with van der Waals surface area (Å²) in [6.07, 6.45) is -4.22. The highest BCUT2D eigenvalue weighted by Gasteiger charge is 2.36. The van der Waals surface area contributed by atoms with E-state index in [1.807, 2.05) is 12.1 Å². The van der Waals surface area contributed by atoms with Gasteiger partial charge in [-0.15, -0.1) is 0 Å². The van der Waals surface area contributed by atoms with Gasteiger partial charge in [0.15, 0.2) is 0 Å². The molecule has 1 amide bonds. The molecule has 3 aromatic carbocycles. The number of ether oxygens (including phenoxy) is 1. The molecule has 0 fully saturated rings. The normalized spacial score (nSPS) is 15.8. The second kappa shape index (κ2) is 10.4. The van der Waals surface area contributed by atoms with Gasteiger partial charge in [-0.25, -0.2) is 13.2 Å². The molecule has 1 aliphatic rings. The largest absolute Gasteiger partial charge is 0.447 e. The summed E-state index contributed by atoms with van der Waals surface area (Å²) in [6, 6.07) is 16.7. The molecule has 0 spiro atoms. The fraction of sp³-hybridized carbons (Fsp3) is 0.240. The first-order valence-electron chi connectivity index (χ1n) is 11.0. The Morgan fingerprint density at radius 2 is 1.69 bits per heavy atom. The van der Waals surface area contributed by atoms with Crippen molar-refractivity contribution in [1.29, 1.82) is 0 Å². The molecule has 0 aliphatic carbocycles. The van der Waals surface area contributed by atoms with Gasteiger partial charge in [-0.1, -0.05) is 41.9 Å². The maximum atomic E-state index is 13.6. The Balaban J connectivity index is 1.46. The maximum Gasteiger partial charge on any atom is 0.416 e. The number of halogens is 4. The van der Waals surface area contributed by atoms with Gasteiger partial charge >= 0.3 is 12.3 Å².